The Bertz CT molecular complexity index is 297. The Hall–Kier alpha value is -0.240. The highest BCUT2D eigenvalue weighted by Gasteiger charge is 2.44. The van der Waals surface area contributed by atoms with E-state index in [-0.39, 0.29) is 13.0 Å². The van der Waals surface area contributed by atoms with Gasteiger partial charge in [0.15, 0.2) is 0 Å². The van der Waals surface area contributed by atoms with Crippen LogP contribution in [-0.4, -0.2) is 68.6 Å². The lowest BCUT2D eigenvalue weighted by Gasteiger charge is -2.43. The minimum atomic E-state index is -1.41. The van der Waals surface area contributed by atoms with Crippen molar-refractivity contribution in [3.8, 4) is 0 Å². The Labute approximate surface area is 121 Å². The highest BCUT2D eigenvalue weighted by atomic mass is 16.4. The molecule has 120 valence electrons. The standard InChI is InChI=1S/C14H29NO5/c1-2-3-4-5-6-9-12(18)14(20)13(19)11(15-9)10(17)7-8-16/h9-20H,2-8H2,1H3/t9?,10-,11+,12+,13-,14+/m1/s1/i6D/t6?,9?,10-,11+,12+,13-,14+. The Morgan fingerprint density at radius 2 is 1.80 bits per heavy atom. The van der Waals surface area contributed by atoms with E-state index in [0.717, 1.165) is 19.3 Å². The largest absolute Gasteiger partial charge is 0.396 e. The second-order valence-corrected chi connectivity index (χ2v) is 5.50. The highest BCUT2D eigenvalue weighted by molar-refractivity contribution is 5.00. The third-order valence-electron chi connectivity index (χ3n) is 3.89. The molecule has 0 saturated carbocycles. The van der Waals surface area contributed by atoms with Crippen LogP contribution in [0.1, 0.15) is 46.8 Å². The molecule has 1 rings (SSSR count). The molecule has 1 aliphatic heterocycles. The van der Waals surface area contributed by atoms with Crippen LogP contribution in [0.25, 0.3) is 0 Å². The summed E-state index contributed by atoms with van der Waals surface area (Å²) in [7, 11) is 0. The van der Waals surface area contributed by atoms with Gasteiger partial charge in [-0.2, -0.15) is 0 Å². The summed E-state index contributed by atoms with van der Waals surface area (Å²) < 4.78 is 8.12. The number of nitrogens with one attached hydrogen (secondary N) is 1. The minimum absolute atomic E-state index is 0.0583. The van der Waals surface area contributed by atoms with Gasteiger partial charge < -0.3 is 30.8 Å². The Kier molecular flexibility index (Phi) is 7.19. The summed E-state index contributed by atoms with van der Waals surface area (Å²) in [6.07, 6.45) is -2.13. The van der Waals surface area contributed by atoms with Crippen LogP contribution >= 0.6 is 0 Å². The molecule has 1 aliphatic rings. The minimum Gasteiger partial charge on any atom is -0.396 e. The van der Waals surface area contributed by atoms with E-state index in [0.29, 0.717) is 6.42 Å². The van der Waals surface area contributed by atoms with E-state index < -0.39 is 42.9 Å². The summed E-state index contributed by atoms with van der Waals surface area (Å²) in [5, 5.41) is 51.6. The zero-order chi connectivity index (χ0) is 16.0. The van der Waals surface area contributed by atoms with Gasteiger partial charge in [0, 0.05) is 14.0 Å². The maximum absolute atomic E-state index is 10.0. The van der Waals surface area contributed by atoms with Crippen LogP contribution in [-0.2, 0) is 0 Å². The van der Waals surface area contributed by atoms with Crippen LogP contribution < -0.4 is 5.32 Å². The molecule has 0 spiro atoms. The number of hydrogen-bond donors (Lipinski definition) is 6. The van der Waals surface area contributed by atoms with Gasteiger partial charge in [-0.05, 0) is 12.8 Å². The predicted octanol–water partition coefficient (Wildman–Crippen LogP) is -0.877. The van der Waals surface area contributed by atoms with Crippen molar-refractivity contribution in [1.29, 1.82) is 0 Å². The van der Waals surface area contributed by atoms with Crippen LogP contribution in [0.3, 0.4) is 0 Å². The SMILES string of the molecule is [2H]C(CCCCC)C1N[C@@H]([C@H](O)CCO)[C@@H](O)[C@@H](O)[C@H]1O. The number of unbranched alkanes of at least 4 members (excludes halogenated alkanes) is 2. The van der Waals surface area contributed by atoms with Crippen molar-refractivity contribution in [2.24, 2.45) is 0 Å². The number of hydrogen-bond acceptors (Lipinski definition) is 6. The zero-order valence-electron chi connectivity index (χ0n) is 13.0. The normalized spacial score (nSPS) is 38.3. The summed E-state index contributed by atoms with van der Waals surface area (Å²) in [6, 6.07) is -1.57. The molecule has 0 aromatic carbocycles. The third-order valence-corrected chi connectivity index (χ3v) is 3.89. The maximum atomic E-state index is 10.0. The first-order chi connectivity index (χ1) is 9.93. The van der Waals surface area contributed by atoms with E-state index in [9.17, 15) is 20.4 Å². The van der Waals surface area contributed by atoms with Crippen molar-refractivity contribution in [3.63, 3.8) is 0 Å². The molecule has 2 unspecified atom stereocenters. The molecule has 0 radical (unpaired) electrons. The number of rotatable bonds is 8. The lowest BCUT2D eigenvalue weighted by atomic mass is 9.85. The Morgan fingerprint density at radius 3 is 2.40 bits per heavy atom. The van der Waals surface area contributed by atoms with E-state index in [1.165, 1.54) is 0 Å². The molecule has 0 aromatic rings. The van der Waals surface area contributed by atoms with E-state index in [2.05, 4.69) is 12.2 Å². The van der Waals surface area contributed by atoms with Gasteiger partial charge in [-0.1, -0.05) is 32.6 Å². The summed E-state index contributed by atoms with van der Waals surface area (Å²) in [4.78, 5) is 0. The van der Waals surface area contributed by atoms with Crippen molar-refractivity contribution >= 4 is 0 Å². The highest BCUT2D eigenvalue weighted by Crippen LogP contribution is 2.22. The van der Waals surface area contributed by atoms with E-state index in [1.807, 2.05) is 0 Å². The van der Waals surface area contributed by atoms with Crippen LogP contribution in [0.2, 0.25) is 0 Å². The van der Waals surface area contributed by atoms with Crippen molar-refractivity contribution in [2.45, 2.75) is 81.9 Å². The molecule has 0 aromatic heterocycles. The average Bonchev–Trinajstić information content (AvgIpc) is 2.45. The first-order valence-electron chi connectivity index (χ1n) is 8.03. The van der Waals surface area contributed by atoms with Crippen molar-refractivity contribution in [2.75, 3.05) is 6.61 Å². The van der Waals surface area contributed by atoms with Crippen LogP contribution in [0.5, 0.6) is 0 Å². The zero-order valence-corrected chi connectivity index (χ0v) is 12.0. The summed E-state index contributed by atoms with van der Waals surface area (Å²) in [6.45, 7) is 1.82. The van der Waals surface area contributed by atoms with Gasteiger partial charge in [-0.3, -0.25) is 0 Å². The predicted molar refractivity (Wildman–Crippen MR) is 75.2 cm³/mol. The summed E-state index contributed by atoms with van der Waals surface area (Å²) >= 11 is 0. The number of aliphatic hydroxyl groups excluding tert-OH is 5. The molecule has 1 heterocycles. The monoisotopic (exact) mass is 292 g/mol. The van der Waals surface area contributed by atoms with E-state index in [4.69, 9.17) is 6.48 Å². The molecule has 6 N–H and O–H groups in total. The van der Waals surface area contributed by atoms with E-state index >= 15 is 0 Å². The fourth-order valence-corrected chi connectivity index (χ4v) is 2.60. The van der Waals surface area contributed by atoms with Gasteiger partial charge in [-0.15, -0.1) is 0 Å². The molecular formula is C14H29NO5. The second kappa shape index (κ2) is 8.92. The van der Waals surface area contributed by atoms with Crippen molar-refractivity contribution < 1.29 is 26.9 Å². The molecule has 6 heteroatoms. The Balaban J connectivity index is 2.69. The lowest BCUT2D eigenvalue weighted by Crippen LogP contribution is -2.67. The molecule has 7 atom stereocenters. The quantitative estimate of drug-likeness (QED) is 0.324. The fraction of sp³-hybridized carbons (Fsp3) is 1.00. The molecule has 0 amide bonds. The van der Waals surface area contributed by atoms with Crippen LogP contribution in [0, 0.1) is 0 Å². The van der Waals surface area contributed by atoms with Gasteiger partial charge in [0.2, 0.25) is 0 Å². The fourth-order valence-electron chi connectivity index (χ4n) is 2.60. The van der Waals surface area contributed by atoms with Gasteiger partial charge in [0.1, 0.15) is 12.2 Å². The van der Waals surface area contributed by atoms with Crippen molar-refractivity contribution in [1.82, 2.24) is 5.32 Å². The Morgan fingerprint density at radius 1 is 1.10 bits per heavy atom. The molecule has 0 bridgehead atoms. The first-order valence-corrected chi connectivity index (χ1v) is 7.45. The van der Waals surface area contributed by atoms with Crippen molar-refractivity contribution in [3.05, 3.63) is 0 Å². The number of piperidine rings is 1. The molecular weight excluding hydrogens is 262 g/mol. The van der Waals surface area contributed by atoms with Crippen LogP contribution in [0.4, 0.5) is 0 Å². The molecule has 6 nitrogen and oxygen atoms in total. The first kappa shape index (κ1) is 16.1. The molecule has 0 aliphatic carbocycles. The molecule has 1 saturated heterocycles. The van der Waals surface area contributed by atoms with Gasteiger partial charge >= 0.3 is 0 Å². The third kappa shape index (κ3) is 4.65. The maximum Gasteiger partial charge on any atom is 0.109 e. The second-order valence-electron chi connectivity index (χ2n) is 5.50. The van der Waals surface area contributed by atoms with Gasteiger partial charge in [-0.25, -0.2) is 0 Å². The van der Waals surface area contributed by atoms with Gasteiger partial charge in [0.05, 0.1) is 18.2 Å². The summed E-state index contributed by atoms with van der Waals surface area (Å²) in [5.74, 6) is 0. The van der Waals surface area contributed by atoms with Crippen LogP contribution in [0.15, 0.2) is 0 Å². The molecule has 1 fully saturated rings. The topological polar surface area (TPSA) is 113 Å². The summed E-state index contributed by atoms with van der Waals surface area (Å²) in [5.41, 5.74) is 0. The lowest BCUT2D eigenvalue weighted by molar-refractivity contribution is -0.133. The molecule has 20 heavy (non-hydrogen) atoms. The van der Waals surface area contributed by atoms with Gasteiger partial charge in [0.25, 0.3) is 0 Å². The smallest absolute Gasteiger partial charge is 0.109 e. The van der Waals surface area contributed by atoms with E-state index in [1.54, 1.807) is 0 Å². The average molecular weight is 292 g/mol. The number of aliphatic hydroxyl groups is 5.